The summed E-state index contributed by atoms with van der Waals surface area (Å²) in [5, 5.41) is 0. The maximum Gasteiger partial charge on any atom is 0.0594 e. The van der Waals surface area contributed by atoms with Crippen molar-refractivity contribution in [1.82, 2.24) is 4.90 Å². The first-order valence-electron chi connectivity index (χ1n) is 5.23. The summed E-state index contributed by atoms with van der Waals surface area (Å²) in [7, 11) is 0. The second kappa shape index (κ2) is 9.47. The van der Waals surface area contributed by atoms with Crippen molar-refractivity contribution in [2.24, 2.45) is 5.41 Å². The molecule has 1 radical (unpaired) electrons. The van der Waals surface area contributed by atoms with E-state index in [0.717, 1.165) is 32.8 Å². The van der Waals surface area contributed by atoms with Gasteiger partial charge in [0.15, 0.2) is 0 Å². The average molecular weight is 453 g/mol. The number of rotatable bonds is 2. The fourth-order valence-corrected chi connectivity index (χ4v) is 1.36. The first-order valence-corrected chi connectivity index (χ1v) is 5.23. The van der Waals surface area contributed by atoms with Crippen molar-refractivity contribution >= 4 is 0 Å². The molecule has 0 spiro atoms. The van der Waals surface area contributed by atoms with Gasteiger partial charge >= 0.3 is 0 Å². The Kier molecular flexibility index (Phi) is 12.3. The van der Waals surface area contributed by atoms with Crippen LogP contribution in [-0.4, -0.2) is 37.7 Å². The van der Waals surface area contributed by atoms with Crippen LogP contribution in [0.2, 0.25) is 0 Å². The van der Waals surface area contributed by atoms with E-state index in [1.807, 2.05) is 13.8 Å². The number of hydrogen-bond acceptors (Lipinski definition) is 2. The molecule has 1 aliphatic heterocycles. The molecule has 1 saturated heterocycles. The zero-order valence-electron chi connectivity index (χ0n) is 10.9. The normalized spacial score (nSPS) is 16.6. The van der Waals surface area contributed by atoms with Crippen LogP contribution in [0.3, 0.4) is 0 Å². The van der Waals surface area contributed by atoms with Crippen LogP contribution >= 0.6 is 0 Å². The molecule has 3 heteroatoms. The largest absolute Gasteiger partial charge is 0.379 e. The molecular weight excluding hydrogens is 426 g/mol. The second-order valence-electron chi connectivity index (χ2n) is 4.05. The second-order valence-corrected chi connectivity index (χ2v) is 4.05. The fraction of sp³-hybridized carbons (Fsp3) is 0.833. The predicted molar refractivity (Wildman–Crippen MR) is 64.2 cm³/mol. The van der Waals surface area contributed by atoms with Gasteiger partial charge in [-0.1, -0.05) is 27.7 Å². The maximum atomic E-state index is 5.25. The minimum absolute atomic E-state index is 0. The molecule has 0 unspecified atom stereocenters. The Labute approximate surface area is 90.6 Å². The molecule has 15 heavy (non-hydrogen) atoms. The Hall–Kier alpha value is -1.08. The van der Waals surface area contributed by atoms with Gasteiger partial charge in [-0.15, -0.1) is 0 Å². The fourth-order valence-electron chi connectivity index (χ4n) is 1.36. The molecule has 0 saturated carbocycles. The van der Waals surface area contributed by atoms with Gasteiger partial charge in [-0.25, -0.2) is 0 Å². The van der Waals surface area contributed by atoms with Gasteiger partial charge in [0.1, 0.15) is 0 Å². The van der Waals surface area contributed by atoms with E-state index in [4.69, 9.17) is 4.74 Å². The van der Waals surface area contributed by atoms with E-state index >= 15 is 0 Å². The van der Waals surface area contributed by atoms with E-state index in [1.165, 1.54) is 0 Å². The standard InChI is InChI=1S/C9H18NO.C2H6.CH3.Es/c1-9(2,3)8-10-4-6-11-7-5-10;1-2;;/h1,4-8H2,2-3H3;1-2H3;1H3;/q-1;;-1;. The van der Waals surface area contributed by atoms with Gasteiger partial charge in [0.2, 0.25) is 0 Å². The number of ether oxygens (including phenoxy) is 1. The maximum absolute atomic E-state index is 5.25. The number of nitrogens with zero attached hydrogens (tertiary/aromatic N) is 1. The third kappa shape index (κ3) is 10.8. The zero-order valence-corrected chi connectivity index (χ0v) is 13.4. The Balaban J connectivity index is -0.000000339. The Morgan fingerprint density at radius 1 is 1.20 bits per heavy atom. The molecule has 0 aromatic heterocycles. The van der Waals surface area contributed by atoms with Crippen LogP contribution in [0.25, 0.3) is 0 Å². The third-order valence-corrected chi connectivity index (χ3v) is 1.76. The van der Waals surface area contributed by atoms with E-state index in [2.05, 4.69) is 25.7 Å². The Bertz CT molecular complexity index is 117. The predicted octanol–water partition coefficient (Wildman–Crippen LogP) is 2.66. The Morgan fingerprint density at radius 2 is 1.60 bits per heavy atom. The van der Waals surface area contributed by atoms with Crippen LogP contribution in [0, 0.1) is 19.8 Å². The average Bonchev–Trinajstić information content (AvgIpc) is 2.07. The van der Waals surface area contributed by atoms with Crippen molar-refractivity contribution in [1.29, 1.82) is 0 Å². The molecule has 2 nitrogen and oxygen atoms in total. The molecule has 1 aliphatic rings. The Morgan fingerprint density at radius 3 is 1.93 bits per heavy atom. The summed E-state index contributed by atoms with van der Waals surface area (Å²) in [5.41, 5.74) is 0.178. The van der Waals surface area contributed by atoms with E-state index in [0.29, 0.717) is 0 Å². The smallest absolute Gasteiger partial charge is 0.0594 e. The van der Waals surface area contributed by atoms with Gasteiger partial charge in [0.25, 0.3) is 0 Å². The van der Waals surface area contributed by atoms with E-state index in [1.54, 1.807) is 0 Å². The van der Waals surface area contributed by atoms with Crippen molar-refractivity contribution < 1.29 is 4.74 Å². The van der Waals surface area contributed by atoms with Gasteiger partial charge in [-0.05, 0) is 6.54 Å². The summed E-state index contributed by atoms with van der Waals surface area (Å²) in [6, 6.07) is 0. The first-order chi connectivity index (χ1) is 6.08. The molecule has 1 rings (SSSR count). The molecule has 0 N–H and O–H groups in total. The summed E-state index contributed by atoms with van der Waals surface area (Å²) in [5.74, 6) is 0. The molecule has 0 aromatic carbocycles. The van der Waals surface area contributed by atoms with Crippen molar-refractivity contribution in [3.63, 3.8) is 0 Å². The van der Waals surface area contributed by atoms with Crippen LogP contribution in [-0.2, 0) is 4.74 Å². The summed E-state index contributed by atoms with van der Waals surface area (Å²) < 4.78 is 5.25. The molecule has 0 aromatic rings. The summed E-state index contributed by atoms with van der Waals surface area (Å²) in [6.45, 7) is 17.4. The van der Waals surface area contributed by atoms with E-state index < -0.39 is 0 Å². The molecule has 99 valence electrons. The minimum atomic E-state index is 0. The third-order valence-electron chi connectivity index (χ3n) is 1.76. The SMILES string of the molecule is CC.[CH2-]C(C)(C)CN1CCOCC1.[CH3-].[Es]. The minimum Gasteiger partial charge on any atom is -0.379 e. The quantitative estimate of drug-likeness (QED) is 0.597. The molecule has 1 fully saturated rings. The van der Waals surface area contributed by atoms with Crippen molar-refractivity contribution in [3.8, 4) is 0 Å². The summed E-state index contributed by atoms with van der Waals surface area (Å²) in [6.07, 6.45) is 0. The van der Waals surface area contributed by atoms with Gasteiger partial charge in [0, 0.05) is 13.1 Å². The van der Waals surface area contributed by atoms with Gasteiger partial charge in [-0.2, -0.15) is 5.41 Å². The zero-order chi connectivity index (χ0) is 10.3. The van der Waals surface area contributed by atoms with Crippen molar-refractivity contribution in [2.75, 3.05) is 32.8 Å². The summed E-state index contributed by atoms with van der Waals surface area (Å²) in [4.78, 5) is 2.41. The van der Waals surface area contributed by atoms with Crippen LogP contribution in [0.15, 0.2) is 0 Å². The van der Waals surface area contributed by atoms with E-state index in [9.17, 15) is 0 Å². The van der Waals surface area contributed by atoms with Crippen LogP contribution in [0.1, 0.15) is 27.7 Å². The van der Waals surface area contributed by atoms with Crippen LogP contribution in [0.5, 0.6) is 0 Å². The topological polar surface area (TPSA) is 12.5 Å². The molecule has 0 amide bonds. The van der Waals surface area contributed by atoms with Gasteiger partial charge in [0.05, 0.1) is 13.2 Å². The molecular formula is C12H27EsNO-2. The molecule has 1 heterocycles. The van der Waals surface area contributed by atoms with Gasteiger partial charge < -0.3 is 24.0 Å². The van der Waals surface area contributed by atoms with Crippen molar-refractivity contribution in [3.05, 3.63) is 14.4 Å². The van der Waals surface area contributed by atoms with Crippen molar-refractivity contribution in [2.45, 2.75) is 27.7 Å². The van der Waals surface area contributed by atoms with Crippen LogP contribution in [0.4, 0.5) is 0 Å². The van der Waals surface area contributed by atoms with E-state index in [-0.39, 0.29) is 12.8 Å². The van der Waals surface area contributed by atoms with Gasteiger partial charge in [-0.3, -0.25) is 0 Å². The summed E-state index contributed by atoms with van der Waals surface area (Å²) >= 11 is 0. The molecule has 0 atom stereocenters. The monoisotopic (exact) mass is 453 g/mol. The number of morpholine rings is 1. The first kappa shape index (κ1) is 19.5. The van der Waals surface area contributed by atoms with Crippen LogP contribution < -0.4 is 0 Å². The molecule has 0 bridgehead atoms. The molecule has 0 aliphatic carbocycles. The number of hydrogen-bond donors (Lipinski definition) is 0.